The molecule has 114 valence electrons. The molecule has 0 atom stereocenters. The first kappa shape index (κ1) is 15.8. The molecule has 22 heavy (non-hydrogen) atoms. The molecule has 4 nitrogen and oxygen atoms in total. The van der Waals surface area contributed by atoms with Crippen LogP contribution in [0.1, 0.15) is 17.5 Å². The maximum atomic E-state index is 10.4. The molecule has 0 bridgehead atoms. The zero-order chi connectivity index (χ0) is 15.9. The number of carboxylic acids is 1. The molecule has 4 heteroatoms. The van der Waals surface area contributed by atoms with Gasteiger partial charge in [0, 0.05) is 44.3 Å². The summed E-state index contributed by atoms with van der Waals surface area (Å²) in [4.78, 5) is 12.5. The van der Waals surface area contributed by atoms with E-state index in [9.17, 15) is 9.90 Å². The Morgan fingerprint density at radius 3 is 2.09 bits per heavy atom. The first-order valence-electron chi connectivity index (χ1n) is 7.19. The molecule has 2 rings (SSSR count). The second-order valence-corrected chi connectivity index (χ2v) is 5.31. The van der Waals surface area contributed by atoms with Gasteiger partial charge in [-0.1, -0.05) is 24.3 Å². The zero-order valence-corrected chi connectivity index (χ0v) is 12.9. The standard InChI is InChI=1S/C18H20N2O2/c1-19(2)17-7-5-15(6-8-17)3-4-16-9-12-20(13-10-16)14-11-18(21)22/h3-10,12-13H,11,14H2,1-2H3. The Kier molecular flexibility index (Phi) is 5.31. The van der Waals surface area contributed by atoms with Crippen LogP contribution in [0.3, 0.4) is 0 Å². The highest BCUT2D eigenvalue weighted by molar-refractivity contribution is 5.70. The lowest BCUT2D eigenvalue weighted by Crippen LogP contribution is -2.36. The fraction of sp³-hybridized carbons (Fsp3) is 0.222. The molecular formula is C18H20N2O2. The van der Waals surface area contributed by atoms with Crippen molar-refractivity contribution < 1.29 is 14.5 Å². The zero-order valence-electron chi connectivity index (χ0n) is 12.9. The van der Waals surface area contributed by atoms with Crippen molar-refractivity contribution in [3.05, 3.63) is 59.9 Å². The quantitative estimate of drug-likeness (QED) is 0.756. The number of carboxylic acid groups (broad SMARTS) is 1. The van der Waals surface area contributed by atoms with Gasteiger partial charge in [-0.25, -0.2) is 4.57 Å². The first-order chi connectivity index (χ1) is 10.5. The summed E-state index contributed by atoms with van der Waals surface area (Å²) in [6, 6.07) is 12.2. The molecule has 1 aromatic carbocycles. The highest BCUT2D eigenvalue weighted by Gasteiger charge is 1.99. The second-order valence-electron chi connectivity index (χ2n) is 5.31. The van der Waals surface area contributed by atoms with Crippen LogP contribution in [0.25, 0.3) is 12.2 Å². The maximum absolute atomic E-state index is 10.4. The number of aryl methyl sites for hydroxylation is 1. The first-order valence-corrected chi connectivity index (χ1v) is 7.19. The van der Waals surface area contributed by atoms with E-state index in [1.54, 1.807) is 0 Å². The molecule has 0 unspecified atom stereocenters. The Morgan fingerprint density at radius 2 is 1.59 bits per heavy atom. The van der Waals surface area contributed by atoms with Crippen molar-refractivity contribution >= 4 is 23.8 Å². The molecule has 0 N–H and O–H groups in total. The van der Waals surface area contributed by atoms with Crippen molar-refractivity contribution in [1.29, 1.82) is 0 Å². The number of nitrogens with zero attached hydrogens (tertiary/aromatic N) is 2. The van der Waals surface area contributed by atoms with Crippen LogP contribution in [0, 0.1) is 0 Å². The summed E-state index contributed by atoms with van der Waals surface area (Å²) >= 11 is 0. The molecule has 0 fully saturated rings. The van der Waals surface area contributed by atoms with E-state index in [1.165, 1.54) is 5.69 Å². The normalized spacial score (nSPS) is 10.8. The molecule has 0 saturated carbocycles. The lowest BCUT2D eigenvalue weighted by atomic mass is 10.1. The van der Waals surface area contributed by atoms with Gasteiger partial charge in [0.1, 0.15) is 0 Å². The minimum Gasteiger partial charge on any atom is -0.550 e. The van der Waals surface area contributed by atoms with Gasteiger partial charge in [-0.3, -0.25) is 0 Å². The van der Waals surface area contributed by atoms with Gasteiger partial charge < -0.3 is 14.8 Å². The highest BCUT2D eigenvalue weighted by Crippen LogP contribution is 2.14. The molecular weight excluding hydrogens is 276 g/mol. The summed E-state index contributed by atoms with van der Waals surface area (Å²) in [6.45, 7) is 0.429. The van der Waals surface area contributed by atoms with Crippen LogP contribution in [-0.4, -0.2) is 20.1 Å². The number of hydrogen-bond donors (Lipinski definition) is 0. The summed E-state index contributed by atoms with van der Waals surface area (Å²) in [5.74, 6) is -1.03. The van der Waals surface area contributed by atoms with Crippen molar-refractivity contribution in [1.82, 2.24) is 0 Å². The SMILES string of the molecule is CN(C)c1ccc(/C=C/c2cc[n+](CCC(=O)[O-])cc2)cc1. The van der Waals surface area contributed by atoms with E-state index in [4.69, 9.17) is 0 Å². The maximum Gasteiger partial charge on any atom is 0.169 e. The van der Waals surface area contributed by atoms with Gasteiger partial charge in [-0.05, 0) is 23.3 Å². The molecule has 0 aliphatic carbocycles. The van der Waals surface area contributed by atoms with Crippen LogP contribution in [0.2, 0.25) is 0 Å². The van der Waals surface area contributed by atoms with Crippen molar-refractivity contribution in [2.24, 2.45) is 0 Å². The Morgan fingerprint density at radius 1 is 1.05 bits per heavy atom. The number of hydrogen-bond acceptors (Lipinski definition) is 3. The van der Waals surface area contributed by atoms with Crippen molar-refractivity contribution in [3.8, 4) is 0 Å². The molecule has 1 aromatic heterocycles. The fourth-order valence-corrected chi connectivity index (χ4v) is 2.03. The number of carbonyl (C=O) groups excluding carboxylic acids is 1. The highest BCUT2D eigenvalue weighted by atomic mass is 16.4. The van der Waals surface area contributed by atoms with Gasteiger partial charge in [-0.2, -0.15) is 0 Å². The lowest BCUT2D eigenvalue weighted by Gasteiger charge is -2.11. The summed E-state index contributed by atoms with van der Waals surface area (Å²) in [7, 11) is 4.04. The molecule has 0 saturated heterocycles. The summed E-state index contributed by atoms with van der Waals surface area (Å²) in [5, 5.41) is 10.4. The third-order valence-corrected chi connectivity index (χ3v) is 3.37. The average Bonchev–Trinajstić information content (AvgIpc) is 2.52. The number of rotatable bonds is 6. The number of benzene rings is 1. The topological polar surface area (TPSA) is 47.2 Å². The van der Waals surface area contributed by atoms with Crippen LogP contribution >= 0.6 is 0 Å². The average molecular weight is 296 g/mol. The molecule has 0 spiro atoms. The van der Waals surface area contributed by atoms with Gasteiger partial charge >= 0.3 is 0 Å². The predicted molar refractivity (Wildman–Crippen MR) is 86.0 cm³/mol. The number of aliphatic carboxylic acids is 1. The lowest BCUT2D eigenvalue weighted by molar-refractivity contribution is -0.696. The Balaban J connectivity index is 1.99. The predicted octanol–water partition coefficient (Wildman–Crippen LogP) is 1.35. The van der Waals surface area contributed by atoms with E-state index >= 15 is 0 Å². The van der Waals surface area contributed by atoms with Crippen molar-refractivity contribution in [2.75, 3.05) is 19.0 Å². The number of pyridine rings is 1. The summed E-state index contributed by atoms with van der Waals surface area (Å²) < 4.78 is 1.83. The number of aromatic nitrogens is 1. The van der Waals surface area contributed by atoms with E-state index in [2.05, 4.69) is 35.2 Å². The van der Waals surface area contributed by atoms with Gasteiger partial charge in [0.25, 0.3) is 0 Å². The Bertz CT molecular complexity index is 644. The van der Waals surface area contributed by atoms with Crippen molar-refractivity contribution in [2.45, 2.75) is 13.0 Å². The van der Waals surface area contributed by atoms with Crippen LogP contribution in [0.15, 0.2) is 48.8 Å². The summed E-state index contributed by atoms with van der Waals surface area (Å²) in [5.41, 5.74) is 3.38. The van der Waals surface area contributed by atoms with Crippen molar-refractivity contribution in [3.63, 3.8) is 0 Å². The van der Waals surface area contributed by atoms with Crippen LogP contribution in [0.4, 0.5) is 5.69 Å². The third kappa shape index (κ3) is 4.74. The Hall–Kier alpha value is -2.62. The second kappa shape index (κ2) is 7.41. The molecule has 0 aliphatic rings. The van der Waals surface area contributed by atoms with E-state index in [0.717, 1.165) is 11.1 Å². The minimum atomic E-state index is -1.03. The molecule has 0 aliphatic heterocycles. The number of carbonyl (C=O) groups is 1. The third-order valence-electron chi connectivity index (χ3n) is 3.37. The molecule has 2 aromatic rings. The monoisotopic (exact) mass is 296 g/mol. The van der Waals surface area contributed by atoms with Gasteiger partial charge in [0.15, 0.2) is 18.9 Å². The van der Waals surface area contributed by atoms with Crippen LogP contribution in [-0.2, 0) is 11.3 Å². The van der Waals surface area contributed by atoms with Gasteiger partial charge in [-0.15, -0.1) is 0 Å². The van der Waals surface area contributed by atoms with Gasteiger partial charge in [0.2, 0.25) is 0 Å². The fourth-order valence-electron chi connectivity index (χ4n) is 2.03. The Labute approximate surface area is 130 Å². The molecule has 0 amide bonds. The van der Waals surface area contributed by atoms with Crippen LogP contribution < -0.4 is 14.6 Å². The van der Waals surface area contributed by atoms with E-state index < -0.39 is 5.97 Å². The smallest absolute Gasteiger partial charge is 0.169 e. The van der Waals surface area contributed by atoms with Crippen LogP contribution in [0.5, 0.6) is 0 Å². The largest absolute Gasteiger partial charge is 0.550 e. The minimum absolute atomic E-state index is 0.0259. The molecule has 0 radical (unpaired) electrons. The van der Waals surface area contributed by atoms with E-state index in [1.807, 2.05) is 49.3 Å². The van der Waals surface area contributed by atoms with E-state index in [0.29, 0.717) is 6.54 Å². The number of anilines is 1. The summed E-state index contributed by atoms with van der Waals surface area (Å²) in [6.07, 6.45) is 7.86. The van der Waals surface area contributed by atoms with E-state index in [-0.39, 0.29) is 6.42 Å². The van der Waals surface area contributed by atoms with Gasteiger partial charge in [0.05, 0.1) is 0 Å². The molecule has 1 heterocycles.